The molecule has 1 aromatic rings. The van der Waals surface area contributed by atoms with Crippen molar-refractivity contribution in [2.75, 3.05) is 12.5 Å². The second-order valence-electron chi connectivity index (χ2n) is 2.20. The molecule has 0 spiro atoms. The summed E-state index contributed by atoms with van der Waals surface area (Å²) in [6.07, 6.45) is 0. The molecular weight excluding hydrogens is 209 g/mol. The van der Waals surface area contributed by atoms with E-state index in [9.17, 15) is 4.39 Å². The molecule has 15 heavy (non-hydrogen) atoms. The van der Waals surface area contributed by atoms with Crippen molar-refractivity contribution < 1.29 is 19.4 Å². The van der Waals surface area contributed by atoms with E-state index in [1.54, 1.807) is 6.07 Å². The van der Waals surface area contributed by atoms with Crippen LogP contribution in [0.1, 0.15) is 0 Å². The normalized spacial score (nSPS) is 8.47. The number of methoxy groups -OCH3 is 1. The summed E-state index contributed by atoms with van der Waals surface area (Å²) >= 11 is 0. The Hall–Kier alpha value is -2.09. The molecule has 0 radical (unpaired) electrons. The van der Waals surface area contributed by atoms with E-state index >= 15 is 0 Å². The van der Waals surface area contributed by atoms with Crippen molar-refractivity contribution in [2.24, 2.45) is 5.84 Å². The number of nitrogens with one attached hydrogen (secondary N) is 1. The molecule has 0 heterocycles. The van der Waals surface area contributed by atoms with Gasteiger partial charge in [0.1, 0.15) is 0 Å². The van der Waals surface area contributed by atoms with E-state index in [4.69, 9.17) is 25.9 Å². The Kier molecular flexibility index (Phi) is 5.49. The van der Waals surface area contributed by atoms with E-state index in [1.807, 2.05) is 0 Å². The largest absolute Gasteiger partial charge is 0.494 e. The van der Waals surface area contributed by atoms with Crippen LogP contribution in [0.2, 0.25) is 0 Å². The van der Waals surface area contributed by atoms with Crippen LogP contribution in [0.4, 0.5) is 10.1 Å². The van der Waals surface area contributed by atoms with E-state index in [0.29, 0.717) is 0 Å². The van der Waals surface area contributed by atoms with Crippen LogP contribution in [0.25, 0.3) is 0 Å². The second-order valence-corrected chi connectivity index (χ2v) is 2.20. The van der Waals surface area contributed by atoms with E-state index in [2.05, 4.69) is 5.43 Å². The highest BCUT2D eigenvalue weighted by atomic mass is 19.1. The van der Waals surface area contributed by atoms with E-state index in [-0.39, 0.29) is 11.4 Å². The molecule has 4 N–H and O–H groups in total. The molecule has 1 rings (SSSR count). The van der Waals surface area contributed by atoms with Gasteiger partial charge >= 0.3 is 0 Å². The number of nitrogens with two attached hydrogens (primary N) is 1. The molecule has 0 aliphatic heterocycles. The Morgan fingerprint density at radius 1 is 1.67 bits per heavy atom. The zero-order chi connectivity index (χ0) is 11.8. The fraction of sp³-hybridized carbons (Fsp3) is 0.143. The SMILES string of the molecule is COc1cccc(NN)c1F.O=[N+]([O-])O. The number of hydrazine groups is 1. The van der Waals surface area contributed by atoms with Gasteiger partial charge in [-0.25, -0.2) is 4.39 Å². The van der Waals surface area contributed by atoms with Crippen LogP contribution in [0, 0.1) is 15.9 Å². The fourth-order valence-electron chi connectivity index (χ4n) is 0.780. The molecule has 0 aliphatic carbocycles. The van der Waals surface area contributed by atoms with Gasteiger partial charge in [-0.2, -0.15) is 0 Å². The van der Waals surface area contributed by atoms with Crippen LogP contribution in [0.3, 0.4) is 0 Å². The van der Waals surface area contributed by atoms with Crippen LogP contribution in [-0.4, -0.2) is 17.4 Å². The molecule has 7 nitrogen and oxygen atoms in total. The van der Waals surface area contributed by atoms with Crippen molar-refractivity contribution in [2.45, 2.75) is 0 Å². The third-order valence-corrected chi connectivity index (χ3v) is 1.34. The summed E-state index contributed by atoms with van der Waals surface area (Å²) in [5, 5.41) is 13.6. The van der Waals surface area contributed by atoms with E-state index < -0.39 is 10.9 Å². The quantitative estimate of drug-likeness (QED) is 0.385. The Morgan fingerprint density at radius 3 is 2.60 bits per heavy atom. The molecule has 0 bridgehead atoms. The maximum Gasteiger partial charge on any atom is 0.291 e. The molecule has 0 atom stereocenters. The predicted molar refractivity (Wildman–Crippen MR) is 49.5 cm³/mol. The topological polar surface area (TPSA) is 111 Å². The van der Waals surface area contributed by atoms with Gasteiger partial charge in [-0.3, -0.25) is 5.84 Å². The molecule has 0 saturated heterocycles. The van der Waals surface area contributed by atoms with E-state index in [1.165, 1.54) is 19.2 Å². The van der Waals surface area contributed by atoms with Crippen LogP contribution in [0.15, 0.2) is 18.2 Å². The summed E-state index contributed by atoms with van der Waals surface area (Å²) in [5.74, 6) is 4.74. The third-order valence-electron chi connectivity index (χ3n) is 1.34. The molecule has 0 unspecified atom stereocenters. The molecule has 0 amide bonds. The zero-order valence-corrected chi connectivity index (χ0v) is 7.81. The van der Waals surface area contributed by atoms with Gasteiger partial charge in [0.05, 0.1) is 12.8 Å². The number of nitrogens with zero attached hydrogens (tertiary/aromatic N) is 1. The number of ether oxygens (including phenoxy) is 1. The first-order valence-electron chi connectivity index (χ1n) is 3.65. The lowest BCUT2D eigenvalue weighted by Crippen LogP contribution is -2.08. The minimum Gasteiger partial charge on any atom is -0.494 e. The first kappa shape index (κ1) is 12.9. The summed E-state index contributed by atoms with van der Waals surface area (Å²) in [6.45, 7) is 0. The van der Waals surface area contributed by atoms with Gasteiger partial charge in [0.25, 0.3) is 5.09 Å². The molecule has 0 aliphatic rings. The average molecular weight is 219 g/mol. The molecule has 8 heteroatoms. The highest BCUT2D eigenvalue weighted by molar-refractivity contribution is 5.49. The molecule has 84 valence electrons. The Morgan fingerprint density at radius 2 is 2.20 bits per heavy atom. The maximum atomic E-state index is 13.0. The lowest BCUT2D eigenvalue weighted by atomic mass is 10.3. The number of hydrogen-bond donors (Lipinski definition) is 3. The third kappa shape index (κ3) is 4.62. The average Bonchev–Trinajstić information content (AvgIpc) is 2.17. The molecule has 0 saturated carbocycles. The van der Waals surface area contributed by atoms with Gasteiger partial charge in [-0.15, -0.1) is 10.1 Å². The first-order chi connectivity index (χ1) is 7.02. The molecule has 0 aromatic heterocycles. The van der Waals surface area contributed by atoms with Gasteiger partial charge < -0.3 is 15.4 Å². The summed E-state index contributed by atoms with van der Waals surface area (Å²) in [5.41, 5.74) is 2.44. The van der Waals surface area contributed by atoms with Crippen molar-refractivity contribution in [3.8, 4) is 5.75 Å². The minimum atomic E-state index is -1.50. The zero-order valence-electron chi connectivity index (χ0n) is 7.81. The van der Waals surface area contributed by atoms with Crippen LogP contribution >= 0.6 is 0 Å². The van der Waals surface area contributed by atoms with Crippen LogP contribution < -0.4 is 16.0 Å². The summed E-state index contributed by atoms with van der Waals surface area (Å²) < 4.78 is 17.7. The van der Waals surface area contributed by atoms with Crippen LogP contribution in [-0.2, 0) is 0 Å². The number of hydrogen-bond acceptors (Lipinski definition) is 5. The van der Waals surface area contributed by atoms with Crippen molar-refractivity contribution in [3.63, 3.8) is 0 Å². The first-order valence-corrected chi connectivity index (χ1v) is 3.65. The van der Waals surface area contributed by atoms with Crippen molar-refractivity contribution in [1.29, 1.82) is 0 Å². The number of halogens is 1. The predicted octanol–water partition coefficient (Wildman–Crippen LogP) is 0.772. The number of rotatable bonds is 2. The lowest BCUT2D eigenvalue weighted by Gasteiger charge is -2.05. The summed E-state index contributed by atoms with van der Waals surface area (Å²) in [7, 11) is 1.40. The van der Waals surface area contributed by atoms with Gasteiger partial charge in [0.2, 0.25) is 0 Å². The second kappa shape index (κ2) is 6.38. The maximum absolute atomic E-state index is 13.0. The standard InChI is InChI=1S/C7H9FN2O.HNO3/c1-11-6-4-2-3-5(10-9)7(6)8;2-1(3)4/h2-4,10H,9H2,1H3;(H,2,3,4). The Labute approximate surface area is 84.3 Å². The highest BCUT2D eigenvalue weighted by Gasteiger charge is 2.05. The summed E-state index contributed by atoms with van der Waals surface area (Å²) in [6, 6.07) is 4.70. The smallest absolute Gasteiger partial charge is 0.291 e. The van der Waals surface area contributed by atoms with Crippen molar-refractivity contribution in [3.05, 3.63) is 34.1 Å². The van der Waals surface area contributed by atoms with Crippen molar-refractivity contribution >= 4 is 5.69 Å². The van der Waals surface area contributed by atoms with Gasteiger partial charge in [-0.05, 0) is 12.1 Å². The molecular formula is C7H10FN3O4. The van der Waals surface area contributed by atoms with Gasteiger partial charge in [0, 0.05) is 0 Å². The fourth-order valence-corrected chi connectivity index (χ4v) is 0.780. The molecule has 0 fully saturated rings. The monoisotopic (exact) mass is 219 g/mol. The Bertz CT molecular complexity index is 308. The van der Waals surface area contributed by atoms with E-state index in [0.717, 1.165) is 0 Å². The van der Waals surface area contributed by atoms with Gasteiger partial charge in [0.15, 0.2) is 11.6 Å². The molecule has 1 aromatic carbocycles. The van der Waals surface area contributed by atoms with Crippen LogP contribution in [0.5, 0.6) is 5.75 Å². The highest BCUT2D eigenvalue weighted by Crippen LogP contribution is 2.22. The Balaban J connectivity index is 0.000000423. The number of benzene rings is 1. The number of nitrogen functional groups attached to an aromatic ring is 1. The lowest BCUT2D eigenvalue weighted by molar-refractivity contribution is -0.742. The van der Waals surface area contributed by atoms with Crippen molar-refractivity contribution in [1.82, 2.24) is 0 Å². The summed E-state index contributed by atoms with van der Waals surface area (Å²) in [4.78, 5) is 8.36. The minimum absolute atomic E-state index is 0.181. The number of anilines is 1. The van der Waals surface area contributed by atoms with Gasteiger partial charge in [-0.1, -0.05) is 6.07 Å².